The lowest BCUT2D eigenvalue weighted by molar-refractivity contribution is -0.139. The molecule has 0 saturated heterocycles. The van der Waals surface area contributed by atoms with Gasteiger partial charge >= 0.3 is 0 Å². The van der Waals surface area contributed by atoms with E-state index in [-0.39, 0.29) is 18.4 Å². The molecular weight excluding hydrogens is 612 g/mol. The summed E-state index contributed by atoms with van der Waals surface area (Å²) in [6.45, 7) is 5.60. The van der Waals surface area contributed by atoms with Crippen molar-refractivity contribution in [2.45, 2.75) is 33.4 Å². The predicted octanol–water partition coefficient (Wildman–Crippen LogP) is 4.55. The number of anilines is 1. The highest BCUT2D eigenvalue weighted by atomic mass is 127. The van der Waals surface area contributed by atoms with Crippen molar-refractivity contribution in [3.8, 4) is 0 Å². The van der Waals surface area contributed by atoms with E-state index in [4.69, 9.17) is 23.2 Å². The van der Waals surface area contributed by atoms with Gasteiger partial charge in [-0.25, -0.2) is 8.42 Å². The average Bonchev–Trinajstić information content (AvgIpc) is 2.75. The Bertz CT molecular complexity index is 1130. The first-order valence-electron chi connectivity index (χ1n) is 10.5. The van der Waals surface area contributed by atoms with Gasteiger partial charge in [0.15, 0.2) is 0 Å². The van der Waals surface area contributed by atoms with Crippen molar-refractivity contribution in [1.29, 1.82) is 0 Å². The summed E-state index contributed by atoms with van der Waals surface area (Å²) in [4.78, 5) is 27.6. The highest BCUT2D eigenvalue weighted by Crippen LogP contribution is 2.24. The fraction of sp³-hybridized carbons (Fsp3) is 0.391. The third-order valence-electron chi connectivity index (χ3n) is 4.98. The van der Waals surface area contributed by atoms with Crippen LogP contribution in [0.1, 0.15) is 26.3 Å². The summed E-state index contributed by atoms with van der Waals surface area (Å²) in [5.41, 5.74) is 1.02. The van der Waals surface area contributed by atoms with E-state index in [0.717, 1.165) is 14.1 Å². The molecule has 7 nitrogen and oxygen atoms in total. The molecule has 0 radical (unpaired) electrons. The van der Waals surface area contributed by atoms with Gasteiger partial charge in [-0.15, -0.1) is 0 Å². The summed E-state index contributed by atoms with van der Waals surface area (Å²) in [7, 11) is -3.77. The molecule has 0 spiro atoms. The maximum atomic E-state index is 13.5. The number of halogens is 3. The van der Waals surface area contributed by atoms with E-state index in [0.29, 0.717) is 27.8 Å². The molecule has 1 N–H and O–H groups in total. The molecular formula is C23H28Cl2IN3O4S. The van der Waals surface area contributed by atoms with Crippen LogP contribution in [0.4, 0.5) is 5.69 Å². The zero-order valence-corrected chi connectivity index (χ0v) is 23.9. The van der Waals surface area contributed by atoms with E-state index < -0.39 is 28.5 Å². The van der Waals surface area contributed by atoms with Crippen LogP contribution in [-0.2, 0) is 26.2 Å². The highest BCUT2D eigenvalue weighted by molar-refractivity contribution is 14.1. The Hall–Kier alpha value is -1.56. The van der Waals surface area contributed by atoms with E-state index in [2.05, 4.69) is 27.9 Å². The molecule has 0 aliphatic heterocycles. The predicted molar refractivity (Wildman–Crippen MR) is 146 cm³/mol. The number of nitrogens with zero attached hydrogens (tertiary/aromatic N) is 2. The molecule has 2 aromatic carbocycles. The van der Waals surface area contributed by atoms with Crippen molar-refractivity contribution in [1.82, 2.24) is 10.2 Å². The molecule has 2 rings (SSSR count). The molecule has 0 fully saturated rings. The number of sulfonamides is 1. The Morgan fingerprint density at radius 1 is 1.03 bits per heavy atom. The van der Waals surface area contributed by atoms with Crippen molar-refractivity contribution in [2.75, 3.05) is 23.7 Å². The molecule has 34 heavy (non-hydrogen) atoms. The maximum absolute atomic E-state index is 13.5. The first kappa shape index (κ1) is 28.7. The summed E-state index contributed by atoms with van der Waals surface area (Å²) in [5, 5.41) is 3.52. The molecule has 0 unspecified atom stereocenters. The topological polar surface area (TPSA) is 86.8 Å². The smallest absolute Gasteiger partial charge is 0.244 e. The van der Waals surface area contributed by atoms with Gasteiger partial charge in [-0.2, -0.15) is 0 Å². The molecule has 1 atom stereocenters. The molecule has 0 aliphatic carbocycles. The largest absolute Gasteiger partial charge is 0.354 e. The first-order valence-corrected chi connectivity index (χ1v) is 14.2. The minimum Gasteiger partial charge on any atom is -0.354 e. The van der Waals surface area contributed by atoms with Crippen LogP contribution in [0.5, 0.6) is 0 Å². The summed E-state index contributed by atoms with van der Waals surface area (Å²) >= 11 is 14.3. The number of carbonyl (C=O) groups excluding carboxylic acids is 2. The molecule has 2 amide bonds. The number of hydrogen-bond acceptors (Lipinski definition) is 4. The van der Waals surface area contributed by atoms with Crippen LogP contribution in [0.3, 0.4) is 0 Å². The van der Waals surface area contributed by atoms with Crippen LogP contribution in [-0.4, -0.2) is 50.5 Å². The van der Waals surface area contributed by atoms with Gasteiger partial charge in [0.2, 0.25) is 21.8 Å². The second kappa shape index (κ2) is 12.4. The summed E-state index contributed by atoms with van der Waals surface area (Å²) in [5.74, 6) is -0.624. The highest BCUT2D eigenvalue weighted by Gasteiger charge is 2.30. The number of benzene rings is 2. The van der Waals surface area contributed by atoms with Crippen molar-refractivity contribution in [3.63, 3.8) is 0 Å². The summed E-state index contributed by atoms with van der Waals surface area (Å²) < 4.78 is 27.0. The summed E-state index contributed by atoms with van der Waals surface area (Å²) in [6, 6.07) is 10.9. The Morgan fingerprint density at radius 3 is 2.18 bits per heavy atom. The van der Waals surface area contributed by atoms with Crippen LogP contribution in [0.15, 0.2) is 42.5 Å². The fourth-order valence-corrected chi connectivity index (χ4v) is 4.62. The van der Waals surface area contributed by atoms with Gasteiger partial charge in [0.05, 0.1) is 22.0 Å². The number of amides is 2. The lowest BCUT2D eigenvalue weighted by atomic mass is 10.1. The second-order valence-electron chi connectivity index (χ2n) is 8.33. The van der Waals surface area contributed by atoms with Crippen LogP contribution >= 0.6 is 45.8 Å². The van der Waals surface area contributed by atoms with Crippen molar-refractivity contribution in [2.24, 2.45) is 5.92 Å². The van der Waals surface area contributed by atoms with Gasteiger partial charge in [0, 0.05) is 16.7 Å². The molecule has 0 heterocycles. The third kappa shape index (κ3) is 8.28. The molecule has 186 valence electrons. The maximum Gasteiger partial charge on any atom is 0.244 e. The van der Waals surface area contributed by atoms with Gasteiger partial charge in [0.25, 0.3) is 0 Å². The van der Waals surface area contributed by atoms with E-state index in [1.54, 1.807) is 49.4 Å². The fourth-order valence-electron chi connectivity index (χ4n) is 3.09. The van der Waals surface area contributed by atoms with E-state index in [1.165, 1.54) is 4.90 Å². The second-order valence-corrected chi connectivity index (χ2v) is 12.3. The Morgan fingerprint density at radius 2 is 1.65 bits per heavy atom. The van der Waals surface area contributed by atoms with E-state index in [1.807, 2.05) is 13.8 Å². The lowest BCUT2D eigenvalue weighted by Crippen LogP contribution is -2.51. The lowest BCUT2D eigenvalue weighted by Gasteiger charge is -2.31. The standard InChI is InChI=1S/C23H28Cl2IN3O4S/c1-15(2)12-27-23(31)16(3)28(13-17-5-10-20(24)21(25)11-17)22(30)14-29(34(4,32)33)19-8-6-18(26)7-9-19/h5-11,15-16H,12-14H2,1-4H3,(H,27,31)/t16-/m1/s1. The van der Waals surface area contributed by atoms with Crippen molar-refractivity contribution >= 4 is 73.3 Å². The van der Waals surface area contributed by atoms with Crippen LogP contribution in [0, 0.1) is 9.49 Å². The normalized spacial score (nSPS) is 12.4. The van der Waals surface area contributed by atoms with Crippen LogP contribution < -0.4 is 9.62 Å². The molecule has 0 bridgehead atoms. The minimum atomic E-state index is -3.77. The van der Waals surface area contributed by atoms with Gasteiger partial charge in [-0.05, 0) is 77.4 Å². The Labute approximate surface area is 225 Å². The van der Waals surface area contributed by atoms with Gasteiger partial charge in [-0.3, -0.25) is 13.9 Å². The zero-order chi connectivity index (χ0) is 25.6. The van der Waals surface area contributed by atoms with Gasteiger partial charge in [-0.1, -0.05) is 43.1 Å². The quantitative estimate of drug-likeness (QED) is 0.387. The SMILES string of the molecule is CC(C)CNC(=O)[C@@H](C)N(Cc1ccc(Cl)c(Cl)c1)C(=O)CN(c1ccc(I)cc1)S(C)(=O)=O. The third-order valence-corrected chi connectivity index (χ3v) is 7.58. The van der Waals surface area contributed by atoms with Crippen LogP contribution in [0.25, 0.3) is 0 Å². The van der Waals surface area contributed by atoms with Crippen molar-refractivity contribution in [3.05, 3.63) is 61.6 Å². The Balaban J connectivity index is 2.38. The minimum absolute atomic E-state index is 0.0519. The van der Waals surface area contributed by atoms with E-state index in [9.17, 15) is 18.0 Å². The number of hydrogen-bond donors (Lipinski definition) is 1. The molecule has 2 aromatic rings. The molecule has 0 saturated carbocycles. The van der Waals surface area contributed by atoms with Gasteiger partial charge in [0.1, 0.15) is 12.6 Å². The Kier molecular flexibility index (Phi) is 10.5. The molecule has 0 aromatic heterocycles. The van der Waals surface area contributed by atoms with Crippen molar-refractivity contribution < 1.29 is 18.0 Å². The number of rotatable bonds is 10. The van der Waals surface area contributed by atoms with Crippen LogP contribution in [0.2, 0.25) is 10.0 Å². The molecule has 11 heteroatoms. The molecule has 0 aliphatic rings. The zero-order valence-electron chi connectivity index (χ0n) is 19.4. The number of nitrogens with one attached hydrogen (secondary N) is 1. The monoisotopic (exact) mass is 639 g/mol. The average molecular weight is 640 g/mol. The first-order chi connectivity index (χ1) is 15.8. The van der Waals surface area contributed by atoms with E-state index >= 15 is 0 Å². The van der Waals surface area contributed by atoms with Gasteiger partial charge < -0.3 is 10.2 Å². The number of carbonyl (C=O) groups is 2. The summed E-state index contributed by atoms with van der Waals surface area (Å²) in [6.07, 6.45) is 1.04.